The molecule has 1 saturated carbocycles. The Bertz CT molecular complexity index is 297. The highest BCUT2D eigenvalue weighted by molar-refractivity contribution is 5.13. The zero-order valence-corrected chi connectivity index (χ0v) is 13.2. The molecule has 116 valence electrons. The third kappa shape index (κ3) is 4.23. The number of hydrogen-bond donors (Lipinski definition) is 1. The molecule has 2 unspecified atom stereocenters. The van der Waals surface area contributed by atoms with E-state index >= 15 is 0 Å². The van der Waals surface area contributed by atoms with Crippen LogP contribution < -0.4 is 5.32 Å². The molecule has 0 saturated heterocycles. The second-order valence-corrected chi connectivity index (χ2v) is 6.02. The van der Waals surface area contributed by atoms with Crippen molar-refractivity contribution in [2.24, 2.45) is 5.92 Å². The molecule has 0 radical (unpaired) electrons. The summed E-state index contributed by atoms with van der Waals surface area (Å²) in [5.74, 6) is 0.704. The van der Waals surface area contributed by atoms with Crippen molar-refractivity contribution in [2.75, 3.05) is 19.8 Å². The molecule has 20 heavy (non-hydrogen) atoms. The van der Waals surface area contributed by atoms with E-state index in [1.807, 2.05) is 6.26 Å². The van der Waals surface area contributed by atoms with Crippen LogP contribution in [0.5, 0.6) is 0 Å². The lowest BCUT2D eigenvalue weighted by Crippen LogP contribution is -2.47. The molecule has 1 fully saturated rings. The fraction of sp³-hybridized carbons (Fsp3) is 0.882. The summed E-state index contributed by atoms with van der Waals surface area (Å²) in [5, 5.41) is 3.66. The maximum atomic E-state index is 6.19. The lowest BCUT2D eigenvalue weighted by Gasteiger charge is -2.37. The van der Waals surface area contributed by atoms with Gasteiger partial charge in [0, 0.05) is 6.61 Å². The Morgan fingerprint density at radius 1 is 1.25 bits per heavy atom. The smallest absolute Gasteiger partial charge is 0.0876 e. The predicted octanol–water partition coefficient (Wildman–Crippen LogP) is 3.64. The first-order valence-corrected chi connectivity index (χ1v) is 8.52. The van der Waals surface area contributed by atoms with E-state index in [9.17, 15) is 0 Å². The van der Waals surface area contributed by atoms with Crippen LogP contribution in [-0.2, 0) is 9.47 Å². The van der Waals surface area contributed by atoms with E-state index in [0.29, 0.717) is 18.1 Å². The SMILES string of the molecule is CCNC(C1=COCCC1)C(OCC)C1CCCCC1. The third-order valence-corrected chi connectivity index (χ3v) is 4.59. The van der Waals surface area contributed by atoms with Crippen LogP contribution in [0.4, 0.5) is 0 Å². The summed E-state index contributed by atoms with van der Waals surface area (Å²) < 4.78 is 11.8. The average molecular weight is 281 g/mol. The molecule has 3 heteroatoms. The van der Waals surface area contributed by atoms with Crippen molar-refractivity contribution in [3.05, 3.63) is 11.8 Å². The summed E-state index contributed by atoms with van der Waals surface area (Å²) in [6.45, 7) is 6.95. The minimum absolute atomic E-state index is 0.313. The molecule has 2 rings (SSSR count). The van der Waals surface area contributed by atoms with Crippen LogP contribution in [0.2, 0.25) is 0 Å². The van der Waals surface area contributed by atoms with Gasteiger partial charge in [0.05, 0.1) is 25.0 Å². The summed E-state index contributed by atoms with van der Waals surface area (Å²) in [5.41, 5.74) is 1.40. The standard InChI is InChI=1S/C17H31NO2/c1-3-18-16(15-11-8-12-19-13-15)17(20-4-2)14-9-6-5-7-10-14/h13-14,16-18H,3-12H2,1-2H3. The number of nitrogens with one attached hydrogen (secondary N) is 1. The fourth-order valence-electron chi connectivity index (χ4n) is 3.65. The van der Waals surface area contributed by atoms with Gasteiger partial charge in [-0.1, -0.05) is 26.2 Å². The molecule has 0 amide bonds. The summed E-state index contributed by atoms with van der Waals surface area (Å²) in [6, 6.07) is 0.336. The molecule has 0 aromatic rings. The second-order valence-electron chi connectivity index (χ2n) is 6.02. The van der Waals surface area contributed by atoms with Gasteiger partial charge in [-0.25, -0.2) is 0 Å². The van der Waals surface area contributed by atoms with E-state index in [0.717, 1.165) is 32.6 Å². The Balaban J connectivity index is 2.10. The first-order valence-electron chi connectivity index (χ1n) is 8.52. The highest BCUT2D eigenvalue weighted by Crippen LogP contribution is 2.32. The van der Waals surface area contributed by atoms with Crippen LogP contribution >= 0.6 is 0 Å². The van der Waals surface area contributed by atoms with Crippen molar-refractivity contribution >= 4 is 0 Å². The van der Waals surface area contributed by atoms with Crippen molar-refractivity contribution in [2.45, 2.75) is 70.9 Å². The summed E-state index contributed by atoms with van der Waals surface area (Å²) in [7, 11) is 0. The number of hydrogen-bond acceptors (Lipinski definition) is 3. The molecule has 2 aliphatic rings. The number of ether oxygens (including phenoxy) is 2. The van der Waals surface area contributed by atoms with Crippen LogP contribution in [-0.4, -0.2) is 31.9 Å². The zero-order valence-electron chi connectivity index (χ0n) is 13.2. The quantitative estimate of drug-likeness (QED) is 0.773. The Kier molecular flexibility index (Phi) is 6.88. The van der Waals surface area contributed by atoms with Gasteiger partial charge in [-0.2, -0.15) is 0 Å². The Morgan fingerprint density at radius 2 is 2.05 bits per heavy atom. The molecule has 1 N–H and O–H groups in total. The van der Waals surface area contributed by atoms with Gasteiger partial charge in [0.25, 0.3) is 0 Å². The predicted molar refractivity (Wildman–Crippen MR) is 82.7 cm³/mol. The van der Waals surface area contributed by atoms with Gasteiger partial charge in [0.1, 0.15) is 0 Å². The van der Waals surface area contributed by atoms with Gasteiger partial charge in [0.15, 0.2) is 0 Å². The molecule has 1 aliphatic carbocycles. The Morgan fingerprint density at radius 3 is 2.65 bits per heavy atom. The minimum Gasteiger partial charge on any atom is -0.501 e. The normalized spacial score (nSPS) is 23.8. The van der Waals surface area contributed by atoms with Gasteiger partial charge >= 0.3 is 0 Å². The summed E-state index contributed by atoms with van der Waals surface area (Å²) in [6.07, 6.45) is 11.4. The molecule has 1 aliphatic heterocycles. The third-order valence-electron chi connectivity index (χ3n) is 4.59. The van der Waals surface area contributed by atoms with Crippen LogP contribution in [0.1, 0.15) is 58.8 Å². The van der Waals surface area contributed by atoms with Gasteiger partial charge in [0.2, 0.25) is 0 Å². The maximum absolute atomic E-state index is 6.19. The monoisotopic (exact) mass is 281 g/mol. The molecule has 0 spiro atoms. The Hall–Kier alpha value is -0.540. The first kappa shape index (κ1) is 15.8. The highest BCUT2D eigenvalue weighted by atomic mass is 16.5. The van der Waals surface area contributed by atoms with Crippen molar-refractivity contribution in [3.63, 3.8) is 0 Å². The summed E-state index contributed by atoms with van der Waals surface area (Å²) in [4.78, 5) is 0. The van der Waals surface area contributed by atoms with E-state index in [4.69, 9.17) is 9.47 Å². The maximum Gasteiger partial charge on any atom is 0.0876 e. The van der Waals surface area contributed by atoms with E-state index < -0.39 is 0 Å². The van der Waals surface area contributed by atoms with E-state index in [1.54, 1.807) is 0 Å². The molecule has 0 aromatic heterocycles. The first-order chi connectivity index (χ1) is 9.86. The fourth-order valence-corrected chi connectivity index (χ4v) is 3.65. The molecule has 2 atom stereocenters. The van der Waals surface area contributed by atoms with Crippen molar-refractivity contribution in [1.29, 1.82) is 0 Å². The van der Waals surface area contributed by atoms with Gasteiger partial charge < -0.3 is 14.8 Å². The van der Waals surface area contributed by atoms with Crippen molar-refractivity contribution < 1.29 is 9.47 Å². The Labute approximate surface area is 124 Å². The van der Waals surface area contributed by atoms with E-state index in [1.165, 1.54) is 37.7 Å². The van der Waals surface area contributed by atoms with Gasteiger partial charge in [-0.3, -0.25) is 0 Å². The second kappa shape index (κ2) is 8.68. The molecule has 1 heterocycles. The van der Waals surface area contributed by atoms with Crippen LogP contribution in [0.3, 0.4) is 0 Å². The van der Waals surface area contributed by atoms with Crippen LogP contribution in [0, 0.1) is 5.92 Å². The van der Waals surface area contributed by atoms with Crippen molar-refractivity contribution in [1.82, 2.24) is 5.32 Å². The van der Waals surface area contributed by atoms with E-state index in [2.05, 4.69) is 19.2 Å². The minimum atomic E-state index is 0.313. The number of rotatable bonds is 7. The topological polar surface area (TPSA) is 30.5 Å². The largest absolute Gasteiger partial charge is 0.501 e. The van der Waals surface area contributed by atoms with Crippen LogP contribution in [0.15, 0.2) is 11.8 Å². The van der Waals surface area contributed by atoms with Crippen molar-refractivity contribution in [3.8, 4) is 0 Å². The molecule has 0 bridgehead atoms. The molecule has 3 nitrogen and oxygen atoms in total. The highest BCUT2D eigenvalue weighted by Gasteiger charge is 2.33. The lowest BCUT2D eigenvalue weighted by atomic mass is 9.80. The summed E-state index contributed by atoms with van der Waals surface area (Å²) >= 11 is 0. The average Bonchev–Trinajstić information content (AvgIpc) is 2.52. The molecular weight excluding hydrogens is 250 g/mol. The number of likely N-dealkylation sites (N-methyl/N-ethyl adjacent to an activating group) is 1. The van der Waals surface area contributed by atoms with Crippen LogP contribution in [0.25, 0.3) is 0 Å². The van der Waals surface area contributed by atoms with Gasteiger partial charge in [-0.15, -0.1) is 0 Å². The zero-order chi connectivity index (χ0) is 14.2. The lowest BCUT2D eigenvalue weighted by molar-refractivity contribution is -0.0116. The molecular formula is C17H31NO2. The molecule has 0 aromatic carbocycles. The van der Waals surface area contributed by atoms with Gasteiger partial charge in [-0.05, 0) is 50.6 Å². The van der Waals surface area contributed by atoms with E-state index in [-0.39, 0.29) is 0 Å².